The lowest BCUT2D eigenvalue weighted by Crippen LogP contribution is -2.27. The molecule has 0 saturated heterocycles. The van der Waals surface area contributed by atoms with Gasteiger partial charge in [0.05, 0.1) is 5.41 Å². The molecule has 0 bridgehead atoms. The number of nitrogens with zero attached hydrogens (tertiary/aromatic N) is 1. The molecule has 1 aliphatic rings. The summed E-state index contributed by atoms with van der Waals surface area (Å²) in [6.45, 7) is 7.89. The summed E-state index contributed by atoms with van der Waals surface area (Å²) in [5.41, 5.74) is 5.38. The Bertz CT molecular complexity index is 1520. The summed E-state index contributed by atoms with van der Waals surface area (Å²) in [6, 6.07) is 29.0. The average molecular weight is 401 g/mol. The molecular formula is C30H26N+. The fraction of sp³-hybridized carbons (Fsp3) is 0.167. The molecule has 5 aromatic carbocycles. The summed E-state index contributed by atoms with van der Waals surface area (Å²) in [4.78, 5) is 0. The number of hydrogen-bond acceptors (Lipinski definition) is 0. The summed E-state index contributed by atoms with van der Waals surface area (Å²) in [7, 11) is 0. The summed E-state index contributed by atoms with van der Waals surface area (Å²) in [5.74, 6) is 0. The molecule has 150 valence electrons. The maximum absolute atomic E-state index is 2.46. The van der Waals surface area contributed by atoms with Crippen LogP contribution >= 0.6 is 0 Å². The lowest BCUT2D eigenvalue weighted by atomic mass is 9.81. The van der Waals surface area contributed by atoms with Gasteiger partial charge in [-0.25, -0.2) is 0 Å². The second-order valence-corrected chi connectivity index (χ2v) is 9.12. The van der Waals surface area contributed by atoms with Gasteiger partial charge in [0.25, 0.3) is 0 Å². The third-order valence-corrected chi connectivity index (χ3v) is 7.10. The maximum Gasteiger partial charge on any atom is 0.209 e. The fourth-order valence-electron chi connectivity index (χ4n) is 5.55. The van der Waals surface area contributed by atoms with E-state index in [9.17, 15) is 0 Å². The number of benzene rings is 5. The second-order valence-electron chi connectivity index (χ2n) is 9.12. The molecule has 0 amide bonds. The lowest BCUT2D eigenvalue weighted by Gasteiger charge is -2.15. The first-order chi connectivity index (χ1) is 15.1. The SMILES string of the molecule is CC[N+]1=C(/C=C/c2ccc3ccc4cccc5ccc2c3c45)C(C)(C)c2ccccc21. The molecule has 0 aromatic heterocycles. The molecule has 0 aliphatic carbocycles. The van der Waals surface area contributed by atoms with Crippen molar-refractivity contribution in [2.45, 2.75) is 26.2 Å². The molecule has 0 saturated carbocycles. The largest absolute Gasteiger partial charge is 0.209 e. The van der Waals surface area contributed by atoms with Crippen LogP contribution < -0.4 is 0 Å². The highest BCUT2D eigenvalue weighted by Gasteiger charge is 2.43. The molecular weight excluding hydrogens is 374 g/mol. The van der Waals surface area contributed by atoms with E-state index >= 15 is 0 Å². The monoisotopic (exact) mass is 400 g/mol. The van der Waals surface area contributed by atoms with Crippen LogP contribution in [0.3, 0.4) is 0 Å². The highest BCUT2D eigenvalue weighted by Crippen LogP contribution is 2.40. The Kier molecular flexibility index (Phi) is 3.86. The highest BCUT2D eigenvalue weighted by atomic mass is 15.0. The molecule has 1 nitrogen and oxygen atoms in total. The highest BCUT2D eigenvalue weighted by molar-refractivity contribution is 6.24. The van der Waals surface area contributed by atoms with Gasteiger partial charge < -0.3 is 0 Å². The molecule has 5 aromatic rings. The third-order valence-electron chi connectivity index (χ3n) is 7.10. The van der Waals surface area contributed by atoms with E-state index in [1.807, 2.05) is 0 Å². The minimum atomic E-state index is -0.00705. The van der Waals surface area contributed by atoms with Gasteiger partial charge in [0.1, 0.15) is 6.54 Å². The van der Waals surface area contributed by atoms with Crippen LogP contribution in [0.4, 0.5) is 5.69 Å². The number of hydrogen-bond donors (Lipinski definition) is 0. The van der Waals surface area contributed by atoms with E-state index in [1.165, 1.54) is 54.8 Å². The second kappa shape index (κ2) is 6.52. The van der Waals surface area contributed by atoms with Crippen molar-refractivity contribution in [2.24, 2.45) is 0 Å². The molecule has 0 atom stereocenters. The van der Waals surface area contributed by atoms with Crippen molar-refractivity contribution in [3.05, 3.63) is 96.1 Å². The minimum Gasteiger partial charge on any atom is -0.195 e. The molecule has 1 aliphatic heterocycles. The Hall–Kier alpha value is -3.45. The van der Waals surface area contributed by atoms with Gasteiger partial charge in [-0.3, -0.25) is 0 Å². The predicted molar refractivity (Wildman–Crippen MR) is 134 cm³/mol. The van der Waals surface area contributed by atoms with Gasteiger partial charge >= 0.3 is 0 Å². The van der Waals surface area contributed by atoms with Gasteiger partial charge in [-0.05, 0) is 64.7 Å². The van der Waals surface area contributed by atoms with E-state index in [4.69, 9.17) is 0 Å². The van der Waals surface area contributed by atoms with Crippen molar-refractivity contribution in [3.8, 4) is 0 Å². The molecule has 0 unspecified atom stereocenters. The van der Waals surface area contributed by atoms with E-state index in [-0.39, 0.29) is 5.41 Å². The zero-order valence-corrected chi connectivity index (χ0v) is 18.3. The summed E-state index contributed by atoms with van der Waals surface area (Å²) >= 11 is 0. The zero-order chi connectivity index (χ0) is 21.2. The summed E-state index contributed by atoms with van der Waals surface area (Å²) in [6.07, 6.45) is 4.66. The van der Waals surface area contributed by atoms with Crippen LogP contribution in [-0.4, -0.2) is 16.8 Å². The van der Waals surface area contributed by atoms with Crippen LogP contribution in [0.25, 0.3) is 38.4 Å². The van der Waals surface area contributed by atoms with Crippen molar-refractivity contribution in [1.29, 1.82) is 0 Å². The fourth-order valence-corrected chi connectivity index (χ4v) is 5.55. The predicted octanol–water partition coefficient (Wildman–Crippen LogP) is 7.69. The average Bonchev–Trinajstić information content (AvgIpc) is 3.02. The topological polar surface area (TPSA) is 3.01 Å². The number of allylic oxidation sites excluding steroid dienone is 1. The van der Waals surface area contributed by atoms with E-state index in [0.717, 1.165) is 6.54 Å². The third kappa shape index (κ3) is 2.53. The Morgan fingerprint density at radius 3 is 2.16 bits per heavy atom. The normalized spacial score (nSPS) is 15.7. The van der Waals surface area contributed by atoms with E-state index in [0.29, 0.717) is 0 Å². The molecule has 1 heteroatoms. The smallest absolute Gasteiger partial charge is 0.195 e. The first-order valence-corrected chi connectivity index (χ1v) is 11.2. The molecule has 0 spiro atoms. The van der Waals surface area contributed by atoms with Crippen LogP contribution in [0, 0.1) is 0 Å². The Morgan fingerprint density at radius 1 is 0.710 bits per heavy atom. The van der Waals surface area contributed by atoms with Crippen molar-refractivity contribution in [3.63, 3.8) is 0 Å². The molecule has 0 N–H and O–H groups in total. The van der Waals surface area contributed by atoms with Crippen LogP contribution in [0.1, 0.15) is 31.9 Å². The molecule has 6 rings (SSSR count). The van der Waals surface area contributed by atoms with Crippen LogP contribution in [-0.2, 0) is 5.41 Å². The van der Waals surface area contributed by atoms with Crippen LogP contribution in [0.15, 0.2) is 84.9 Å². The Balaban J connectivity index is 1.55. The minimum absolute atomic E-state index is 0.00705. The molecule has 1 heterocycles. The van der Waals surface area contributed by atoms with Gasteiger partial charge in [-0.1, -0.05) is 72.8 Å². The van der Waals surface area contributed by atoms with Gasteiger partial charge in [-0.15, -0.1) is 0 Å². The Morgan fingerprint density at radius 2 is 1.39 bits per heavy atom. The molecule has 31 heavy (non-hydrogen) atoms. The molecule has 0 radical (unpaired) electrons. The van der Waals surface area contributed by atoms with Gasteiger partial charge in [0.2, 0.25) is 5.69 Å². The maximum atomic E-state index is 2.46. The van der Waals surface area contributed by atoms with Crippen LogP contribution in [0.5, 0.6) is 0 Å². The zero-order valence-electron chi connectivity index (χ0n) is 18.3. The number of para-hydroxylation sites is 1. The number of fused-ring (bicyclic) bond motifs is 1. The van der Waals surface area contributed by atoms with Crippen molar-refractivity contribution in [1.82, 2.24) is 0 Å². The number of rotatable bonds is 3. The van der Waals surface area contributed by atoms with Crippen molar-refractivity contribution < 1.29 is 4.58 Å². The van der Waals surface area contributed by atoms with Crippen molar-refractivity contribution >= 4 is 49.8 Å². The quantitative estimate of drug-likeness (QED) is 0.216. The van der Waals surface area contributed by atoms with Gasteiger partial charge in [0.15, 0.2) is 5.71 Å². The standard InChI is InChI=1S/C30H26N/c1-4-31-26-11-6-5-10-25(26)30(2,3)27(31)19-17-20-12-13-23-15-14-21-8-7-9-22-16-18-24(20)29(23)28(21)22/h5-19H,4H2,1-3H3/q+1/b19-17+. The van der Waals surface area contributed by atoms with E-state index < -0.39 is 0 Å². The first kappa shape index (κ1) is 18.3. The van der Waals surface area contributed by atoms with Gasteiger partial charge in [0, 0.05) is 17.7 Å². The lowest BCUT2D eigenvalue weighted by molar-refractivity contribution is -0.433. The van der Waals surface area contributed by atoms with Crippen molar-refractivity contribution in [2.75, 3.05) is 6.54 Å². The van der Waals surface area contributed by atoms with Crippen LogP contribution in [0.2, 0.25) is 0 Å². The van der Waals surface area contributed by atoms with E-state index in [1.54, 1.807) is 0 Å². The first-order valence-electron chi connectivity index (χ1n) is 11.2. The summed E-state index contributed by atoms with van der Waals surface area (Å²) in [5, 5.41) is 8.03. The van der Waals surface area contributed by atoms with Gasteiger partial charge in [-0.2, -0.15) is 4.58 Å². The Labute approximate surface area is 183 Å². The van der Waals surface area contributed by atoms with E-state index in [2.05, 4.69) is 116 Å². The summed E-state index contributed by atoms with van der Waals surface area (Å²) < 4.78 is 2.46. The molecule has 0 fully saturated rings.